The Kier molecular flexibility index (Phi) is 7.53. The molecule has 200 valence electrons. The van der Waals surface area contributed by atoms with Crippen molar-refractivity contribution in [2.45, 2.75) is 83.7 Å². The van der Waals surface area contributed by atoms with E-state index in [0.717, 1.165) is 55.3 Å². The highest BCUT2D eigenvalue weighted by Gasteiger charge is 2.38. The molecule has 1 fully saturated rings. The third-order valence-electron chi connectivity index (χ3n) is 8.41. The molecule has 9 nitrogen and oxygen atoms in total. The summed E-state index contributed by atoms with van der Waals surface area (Å²) in [5.41, 5.74) is 2.47. The molecule has 0 amide bonds. The van der Waals surface area contributed by atoms with Crippen molar-refractivity contribution in [3.63, 3.8) is 0 Å². The van der Waals surface area contributed by atoms with Crippen LogP contribution in [-0.2, 0) is 23.2 Å². The number of aromatic amines is 1. The minimum atomic E-state index is -0.462. The lowest BCUT2D eigenvalue weighted by atomic mass is 9.76. The van der Waals surface area contributed by atoms with Gasteiger partial charge in [0.25, 0.3) is 0 Å². The lowest BCUT2D eigenvalue weighted by molar-refractivity contribution is -0.123. The molecule has 0 spiro atoms. The summed E-state index contributed by atoms with van der Waals surface area (Å²) in [6.07, 6.45) is 14.3. The number of hydrogen-bond donors (Lipinski definition) is 1. The van der Waals surface area contributed by atoms with Crippen LogP contribution in [0.2, 0.25) is 0 Å². The summed E-state index contributed by atoms with van der Waals surface area (Å²) in [5.74, 6) is 0.864. The van der Waals surface area contributed by atoms with Gasteiger partial charge in [-0.15, -0.1) is 10.2 Å². The predicted octanol–water partition coefficient (Wildman–Crippen LogP) is 4.67. The highest BCUT2D eigenvalue weighted by molar-refractivity contribution is 5.79. The van der Waals surface area contributed by atoms with Gasteiger partial charge >= 0.3 is 5.69 Å². The van der Waals surface area contributed by atoms with E-state index in [0.29, 0.717) is 18.8 Å². The minimum absolute atomic E-state index is 0.0225. The number of nitrogens with one attached hydrogen (secondary N) is 1. The van der Waals surface area contributed by atoms with Crippen LogP contribution in [0.1, 0.15) is 76.6 Å². The fourth-order valence-corrected chi connectivity index (χ4v) is 6.28. The number of aliphatic imine (C=N–C) groups is 1. The zero-order chi connectivity index (χ0) is 26.7. The molecule has 0 radical (unpaired) electrons. The maximum Gasteiger partial charge on any atom is 0.328 e. The van der Waals surface area contributed by atoms with Crippen molar-refractivity contribution in [1.82, 2.24) is 29.8 Å². The van der Waals surface area contributed by atoms with Crippen molar-refractivity contribution in [3.8, 4) is 11.4 Å². The summed E-state index contributed by atoms with van der Waals surface area (Å²) < 4.78 is 3.85. The van der Waals surface area contributed by atoms with Crippen LogP contribution in [0.3, 0.4) is 0 Å². The largest absolute Gasteiger partial charge is 0.328 e. The maximum absolute atomic E-state index is 14.2. The van der Waals surface area contributed by atoms with Gasteiger partial charge in [0.05, 0.1) is 6.04 Å². The number of H-pyrrole nitrogens is 1. The van der Waals surface area contributed by atoms with Crippen LogP contribution < -0.4 is 5.69 Å². The second-order valence-corrected chi connectivity index (χ2v) is 10.9. The Morgan fingerprint density at radius 2 is 2.13 bits per heavy atom. The average molecular weight is 516 g/mol. The number of nitrogens with zero attached hydrogens (tertiary/aromatic N) is 6. The number of unbranched alkanes of at least 4 members (excludes halogenated alkanes) is 1. The molecule has 3 heterocycles. The molecule has 1 aliphatic carbocycles. The standard InChI is InChI=1S/C29H37N7O2/c1-4-5-11-24-18-35(26-20(2)8-6-12-25(26)21(3)37)28(38)36(24)19-29(13-15-30-16-14-29)23-10-7-9-22(17-23)27-31-33-34-32-27/h7,9-10,13,15-18,20,25-26H,4-6,8,11-12,14,19H2,1-3H3,(H,31,32,33,34). The van der Waals surface area contributed by atoms with Gasteiger partial charge in [-0.05, 0) is 61.8 Å². The van der Waals surface area contributed by atoms with Gasteiger partial charge in [-0.1, -0.05) is 51.0 Å². The Morgan fingerprint density at radius 1 is 1.26 bits per heavy atom. The summed E-state index contributed by atoms with van der Waals surface area (Å²) in [7, 11) is 0. The summed E-state index contributed by atoms with van der Waals surface area (Å²) >= 11 is 0. The highest BCUT2D eigenvalue weighted by atomic mass is 16.2. The van der Waals surface area contributed by atoms with Crippen molar-refractivity contribution in [1.29, 1.82) is 0 Å². The van der Waals surface area contributed by atoms with Crippen molar-refractivity contribution in [2.24, 2.45) is 16.8 Å². The molecule has 1 saturated carbocycles. The van der Waals surface area contributed by atoms with E-state index in [-0.39, 0.29) is 29.4 Å². The lowest BCUT2D eigenvalue weighted by Crippen LogP contribution is -2.41. The number of imidazole rings is 1. The molecule has 9 heteroatoms. The molecule has 2 aromatic heterocycles. The maximum atomic E-state index is 14.2. The second kappa shape index (κ2) is 11.0. The Hall–Kier alpha value is -3.62. The molecule has 3 aromatic rings. The number of ketones is 1. The van der Waals surface area contributed by atoms with Gasteiger partial charge in [0, 0.05) is 47.7 Å². The second-order valence-electron chi connectivity index (χ2n) is 10.9. The number of hydrogen-bond acceptors (Lipinski definition) is 6. The molecule has 4 unspecified atom stereocenters. The van der Waals surface area contributed by atoms with Gasteiger partial charge in [-0.3, -0.25) is 18.9 Å². The third-order valence-corrected chi connectivity index (χ3v) is 8.41. The first kappa shape index (κ1) is 26.0. The van der Waals surface area contributed by atoms with Gasteiger partial charge in [0.2, 0.25) is 5.82 Å². The highest BCUT2D eigenvalue weighted by Crippen LogP contribution is 2.39. The number of allylic oxidation sites excluding steroid dienone is 1. The van der Waals surface area contributed by atoms with Crippen molar-refractivity contribution >= 4 is 12.0 Å². The smallest absolute Gasteiger partial charge is 0.300 e. The van der Waals surface area contributed by atoms with E-state index in [4.69, 9.17) is 0 Å². The van der Waals surface area contributed by atoms with Crippen LogP contribution in [0.4, 0.5) is 0 Å². The van der Waals surface area contributed by atoms with Crippen LogP contribution in [-0.4, -0.2) is 41.8 Å². The van der Waals surface area contributed by atoms with E-state index >= 15 is 0 Å². The minimum Gasteiger partial charge on any atom is -0.300 e. The predicted molar refractivity (Wildman–Crippen MR) is 147 cm³/mol. The monoisotopic (exact) mass is 515 g/mol. The van der Waals surface area contributed by atoms with Gasteiger partial charge in [-0.25, -0.2) is 4.79 Å². The molecule has 0 saturated heterocycles. The van der Waals surface area contributed by atoms with Gasteiger partial charge in [0.1, 0.15) is 5.78 Å². The number of rotatable bonds is 9. The Bertz CT molecular complexity index is 1380. The van der Waals surface area contributed by atoms with E-state index in [1.807, 2.05) is 39.9 Å². The van der Waals surface area contributed by atoms with Crippen LogP contribution in [0, 0.1) is 11.8 Å². The summed E-state index contributed by atoms with van der Waals surface area (Å²) in [6, 6.07) is 8.03. The Balaban J connectivity index is 1.59. The van der Waals surface area contributed by atoms with Crippen molar-refractivity contribution in [3.05, 3.63) is 64.5 Å². The molecule has 4 atom stereocenters. The number of carbonyl (C=O) groups is 1. The van der Waals surface area contributed by atoms with Crippen LogP contribution in [0.15, 0.2) is 52.5 Å². The summed E-state index contributed by atoms with van der Waals surface area (Å²) in [6.45, 7) is 6.51. The van der Waals surface area contributed by atoms with Crippen LogP contribution in [0.5, 0.6) is 0 Å². The van der Waals surface area contributed by atoms with Crippen molar-refractivity contribution in [2.75, 3.05) is 0 Å². The van der Waals surface area contributed by atoms with E-state index < -0.39 is 5.41 Å². The Morgan fingerprint density at radius 3 is 2.84 bits per heavy atom. The quantitative estimate of drug-likeness (QED) is 0.445. The SMILES string of the molecule is CCCCc1cn(C2C(C)CCCC2C(C)=O)c(=O)n1CC1(c2cccc(-c3nn[nH]n3)c2)C=CN=CC1. The van der Waals surface area contributed by atoms with Gasteiger partial charge < -0.3 is 0 Å². The van der Waals surface area contributed by atoms with Gasteiger partial charge in [0.15, 0.2) is 0 Å². The first-order valence-corrected chi connectivity index (χ1v) is 13.8. The molecule has 38 heavy (non-hydrogen) atoms. The summed E-state index contributed by atoms with van der Waals surface area (Å²) in [4.78, 5) is 31.2. The van der Waals surface area contributed by atoms with E-state index in [2.05, 4.69) is 57.7 Å². The fraction of sp³-hybridized carbons (Fsp3) is 0.517. The molecule has 2 aliphatic rings. The Labute approximate surface area is 223 Å². The van der Waals surface area contributed by atoms with E-state index in [9.17, 15) is 9.59 Å². The number of aromatic nitrogens is 6. The van der Waals surface area contributed by atoms with Gasteiger partial charge in [-0.2, -0.15) is 5.21 Å². The molecular weight excluding hydrogens is 478 g/mol. The molecule has 0 bridgehead atoms. The topological polar surface area (TPSA) is 111 Å². The zero-order valence-electron chi connectivity index (χ0n) is 22.5. The average Bonchev–Trinajstić information content (AvgIpc) is 3.57. The molecule has 1 aromatic carbocycles. The normalized spacial score (nSPS) is 25.1. The fourth-order valence-electron chi connectivity index (χ4n) is 6.28. The van der Waals surface area contributed by atoms with Crippen molar-refractivity contribution < 1.29 is 4.79 Å². The first-order chi connectivity index (χ1) is 18.4. The number of carbonyl (C=O) groups excluding carboxylic acids is 1. The summed E-state index contributed by atoms with van der Waals surface area (Å²) in [5, 5.41) is 14.5. The molecule has 5 rings (SSSR count). The first-order valence-electron chi connectivity index (χ1n) is 13.8. The van der Waals surface area contributed by atoms with E-state index in [1.165, 1.54) is 0 Å². The molecule has 1 N–H and O–H groups in total. The van der Waals surface area contributed by atoms with Crippen LogP contribution in [0.25, 0.3) is 11.4 Å². The van der Waals surface area contributed by atoms with Crippen LogP contribution >= 0.6 is 0 Å². The third kappa shape index (κ3) is 4.93. The number of Topliss-reactive ketones (excluding diaryl/α,β-unsaturated/α-hetero) is 1. The van der Waals surface area contributed by atoms with E-state index in [1.54, 1.807) is 6.92 Å². The number of tetrazole rings is 1. The molecular formula is C29H37N7O2. The lowest BCUT2D eigenvalue weighted by Gasteiger charge is -2.35. The zero-order valence-corrected chi connectivity index (χ0v) is 22.5. The number of benzene rings is 1. The molecule has 1 aliphatic heterocycles. The number of aryl methyl sites for hydroxylation is 1.